The standard InChI is InChI=1S/C17H16Cl2N2O/c18-14-5-3-4-13(12-14)17(22)21-10-8-20(9-11-21)16-7-2-1-6-15(16)19/h1-7,12H,8-11H2. The summed E-state index contributed by atoms with van der Waals surface area (Å²) >= 11 is 12.2. The minimum atomic E-state index is 0.0290. The Morgan fingerprint density at radius 2 is 1.64 bits per heavy atom. The van der Waals surface area contributed by atoms with Gasteiger partial charge in [-0.05, 0) is 30.3 Å². The Morgan fingerprint density at radius 3 is 2.32 bits per heavy atom. The Morgan fingerprint density at radius 1 is 0.909 bits per heavy atom. The highest BCUT2D eigenvalue weighted by molar-refractivity contribution is 6.33. The van der Waals surface area contributed by atoms with E-state index in [1.807, 2.05) is 29.2 Å². The van der Waals surface area contributed by atoms with Gasteiger partial charge in [0.15, 0.2) is 0 Å². The molecule has 1 saturated heterocycles. The topological polar surface area (TPSA) is 23.6 Å². The SMILES string of the molecule is O=C(c1cccc(Cl)c1)N1CCN(c2ccccc2Cl)CC1. The molecule has 0 aromatic heterocycles. The van der Waals surface area contributed by atoms with Crippen LogP contribution in [0.3, 0.4) is 0 Å². The maximum Gasteiger partial charge on any atom is 0.254 e. The molecule has 0 bridgehead atoms. The highest BCUT2D eigenvalue weighted by Gasteiger charge is 2.23. The molecule has 0 radical (unpaired) electrons. The third-order valence-electron chi connectivity index (χ3n) is 3.83. The number of amides is 1. The summed E-state index contributed by atoms with van der Waals surface area (Å²) in [5.41, 5.74) is 1.66. The summed E-state index contributed by atoms with van der Waals surface area (Å²) in [7, 11) is 0. The van der Waals surface area contributed by atoms with Crippen LogP contribution in [0.15, 0.2) is 48.5 Å². The normalized spacial score (nSPS) is 15.0. The van der Waals surface area contributed by atoms with E-state index in [-0.39, 0.29) is 5.91 Å². The number of nitrogens with zero attached hydrogens (tertiary/aromatic N) is 2. The average molecular weight is 335 g/mol. The zero-order valence-electron chi connectivity index (χ0n) is 12.0. The van der Waals surface area contributed by atoms with Gasteiger partial charge >= 0.3 is 0 Å². The third kappa shape index (κ3) is 3.21. The van der Waals surface area contributed by atoms with Gasteiger partial charge in [0.05, 0.1) is 10.7 Å². The third-order valence-corrected chi connectivity index (χ3v) is 4.39. The monoisotopic (exact) mass is 334 g/mol. The van der Waals surface area contributed by atoms with Gasteiger partial charge in [-0.1, -0.05) is 41.4 Å². The van der Waals surface area contributed by atoms with Gasteiger partial charge < -0.3 is 9.80 Å². The van der Waals surface area contributed by atoms with Crippen molar-refractivity contribution in [2.45, 2.75) is 0 Å². The first-order valence-corrected chi connectivity index (χ1v) is 7.95. The van der Waals surface area contributed by atoms with Gasteiger partial charge in [0.2, 0.25) is 0 Å². The molecule has 3 nitrogen and oxygen atoms in total. The largest absolute Gasteiger partial charge is 0.367 e. The lowest BCUT2D eigenvalue weighted by Gasteiger charge is -2.36. The number of hydrogen-bond acceptors (Lipinski definition) is 2. The van der Waals surface area contributed by atoms with Crippen molar-refractivity contribution in [3.63, 3.8) is 0 Å². The summed E-state index contributed by atoms with van der Waals surface area (Å²) in [4.78, 5) is 16.6. The van der Waals surface area contributed by atoms with Crippen molar-refractivity contribution in [1.82, 2.24) is 4.90 Å². The molecule has 2 aromatic carbocycles. The minimum Gasteiger partial charge on any atom is -0.367 e. The molecule has 0 atom stereocenters. The summed E-state index contributed by atoms with van der Waals surface area (Å²) in [6.45, 7) is 2.90. The molecule has 0 spiro atoms. The van der Waals surface area contributed by atoms with E-state index in [1.165, 1.54) is 0 Å². The fourth-order valence-electron chi connectivity index (χ4n) is 2.66. The molecule has 1 fully saturated rings. The van der Waals surface area contributed by atoms with Gasteiger partial charge in [0, 0.05) is 36.8 Å². The molecule has 2 aromatic rings. The number of halogens is 2. The van der Waals surface area contributed by atoms with E-state index in [9.17, 15) is 4.79 Å². The molecule has 1 aliphatic rings. The predicted molar refractivity (Wildman–Crippen MR) is 91.0 cm³/mol. The maximum atomic E-state index is 12.5. The van der Waals surface area contributed by atoms with Crippen molar-refractivity contribution in [3.05, 3.63) is 64.1 Å². The van der Waals surface area contributed by atoms with Gasteiger partial charge in [0.25, 0.3) is 5.91 Å². The molecule has 5 heteroatoms. The quantitative estimate of drug-likeness (QED) is 0.829. The second kappa shape index (κ2) is 6.59. The number of carbonyl (C=O) groups excluding carboxylic acids is 1. The van der Waals surface area contributed by atoms with Gasteiger partial charge in [-0.25, -0.2) is 0 Å². The van der Waals surface area contributed by atoms with E-state index < -0.39 is 0 Å². The molecule has 3 rings (SSSR count). The van der Waals surface area contributed by atoms with E-state index in [0.717, 1.165) is 23.8 Å². The van der Waals surface area contributed by atoms with Crippen molar-refractivity contribution < 1.29 is 4.79 Å². The van der Waals surface area contributed by atoms with Crippen LogP contribution >= 0.6 is 23.2 Å². The lowest BCUT2D eigenvalue weighted by molar-refractivity contribution is 0.0747. The van der Waals surface area contributed by atoms with E-state index in [2.05, 4.69) is 4.90 Å². The lowest BCUT2D eigenvalue weighted by Crippen LogP contribution is -2.48. The lowest BCUT2D eigenvalue weighted by atomic mass is 10.1. The fraction of sp³-hybridized carbons (Fsp3) is 0.235. The molecule has 0 N–H and O–H groups in total. The molecule has 1 amide bonds. The van der Waals surface area contributed by atoms with E-state index >= 15 is 0 Å². The Bertz CT molecular complexity index is 682. The Labute approximate surface area is 140 Å². The van der Waals surface area contributed by atoms with Crippen LogP contribution in [0.25, 0.3) is 0 Å². The van der Waals surface area contributed by atoms with Crippen LogP contribution in [-0.4, -0.2) is 37.0 Å². The molecule has 22 heavy (non-hydrogen) atoms. The van der Waals surface area contributed by atoms with Crippen molar-refractivity contribution in [2.24, 2.45) is 0 Å². The highest BCUT2D eigenvalue weighted by Crippen LogP contribution is 2.26. The van der Waals surface area contributed by atoms with Crippen molar-refractivity contribution in [3.8, 4) is 0 Å². The van der Waals surface area contributed by atoms with E-state index in [0.29, 0.717) is 23.7 Å². The summed E-state index contributed by atoms with van der Waals surface area (Å²) in [6.07, 6.45) is 0. The zero-order valence-corrected chi connectivity index (χ0v) is 13.5. The van der Waals surface area contributed by atoms with E-state index in [4.69, 9.17) is 23.2 Å². The first-order valence-electron chi connectivity index (χ1n) is 7.19. The molecule has 1 aliphatic heterocycles. The van der Waals surface area contributed by atoms with Crippen molar-refractivity contribution >= 4 is 34.8 Å². The maximum absolute atomic E-state index is 12.5. The molecule has 114 valence electrons. The van der Waals surface area contributed by atoms with Crippen LogP contribution in [0, 0.1) is 0 Å². The predicted octanol–water partition coefficient (Wildman–Crippen LogP) is 3.96. The number of piperazine rings is 1. The second-order valence-electron chi connectivity index (χ2n) is 5.24. The summed E-state index contributed by atoms with van der Waals surface area (Å²) in [5, 5.41) is 1.33. The van der Waals surface area contributed by atoms with E-state index in [1.54, 1.807) is 24.3 Å². The Balaban J connectivity index is 1.67. The minimum absolute atomic E-state index is 0.0290. The number of anilines is 1. The molecular weight excluding hydrogens is 319 g/mol. The smallest absolute Gasteiger partial charge is 0.254 e. The van der Waals surface area contributed by atoms with Crippen LogP contribution in [0.1, 0.15) is 10.4 Å². The Kier molecular flexibility index (Phi) is 4.55. The average Bonchev–Trinajstić information content (AvgIpc) is 2.55. The van der Waals surface area contributed by atoms with Crippen LogP contribution in [0.5, 0.6) is 0 Å². The second-order valence-corrected chi connectivity index (χ2v) is 6.08. The zero-order chi connectivity index (χ0) is 15.5. The molecular formula is C17H16Cl2N2O. The van der Waals surface area contributed by atoms with Crippen LogP contribution in [0.2, 0.25) is 10.0 Å². The number of hydrogen-bond donors (Lipinski definition) is 0. The van der Waals surface area contributed by atoms with Gasteiger partial charge in [-0.2, -0.15) is 0 Å². The van der Waals surface area contributed by atoms with Crippen molar-refractivity contribution in [1.29, 1.82) is 0 Å². The van der Waals surface area contributed by atoms with Gasteiger partial charge in [-0.3, -0.25) is 4.79 Å². The van der Waals surface area contributed by atoms with Crippen LogP contribution < -0.4 is 4.90 Å². The van der Waals surface area contributed by atoms with Gasteiger partial charge in [0.1, 0.15) is 0 Å². The van der Waals surface area contributed by atoms with Crippen LogP contribution in [0.4, 0.5) is 5.69 Å². The van der Waals surface area contributed by atoms with Gasteiger partial charge in [-0.15, -0.1) is 0 Å². The summed E-state index contributed by atoms with van der Waals surface area (Å²) < 4.78 is 0. The molecule has 0 unspecified atom stereocenters. The molecule has 0 aliphatic carbocycles. The fourth-order valence-corrected chi connectivity index (χ4v) is 3.11. The summed E-state index contributed by atoms with van der Waals surface area (Å²) in [5.74, 6) is 0.0290. The highest BCUT2D eigenvalue weighted by atomic mass is 35.5. The molecule has 1 heterocycles. The first kappa shape index (κ1) is 15.2. The number of para-hydroxylation sites is 1. The van der Waals surface area contributed by atoms with Crippen molar-refractivity contribution in [2.75, 3.05) is 31.1 Å². The number of rotatable bonds is 2. The van der Waals surface area contributed by atoms with Crippen LogP contribution in [-0.2, 0) is 0 Å². The number of carbonyl (C=O) groups is 1. The molecule has 0 saturated carbocycles. The summed E-state index contributed by atoms with van der Waals surface area (Å²) in [6, 6.07) is 14.9. The number of benzene rings is 2. The first-order chi connectivity index (χ1) is 10.6. The Hall–Kier alpha value is -1.71.